The van der Waals surface area contributed by atoms with Crippen molar-refractivity contribution in [3.8, 4) is 17.2 Å². The number of carbonyl (C=O) groups excluding carboxylic acids is 3. The first-order chi connectivity index (χ1) is 15.8. The molecule has 10 heteroatoms. The van der Waals surface area contributed by atoms with Crippen LogP contribution >= 0.6 is 0 Å². The van der Waals surface area contributed by atoms with Crippen LogP contribution in [0.4, 0.5) is 10.5 Å². The molecule has 2 aromatic carbocycles. The van der Waals surface area contributed by atoms with Gasteiger partial charge >= 0.3 is 12.0 Å². The number of nitrogens with one attached hydrogen (secondary N) is 1. The Hall–Kier alpha value is -4.34. The van der Waals surface area contributed by atoms with Gasteiger partial charge in [-0.05, 0) is 38.1 Å². The molecule has 0 unspecified atom stereocenters. The Kier molecular flexibility index (Phi) is 6.97. The highest BCUT2D eigenvalue weighted by atomic mass is 16.5. The molecule has 4 amide bonds. The van der Waals surface area contributed by atoms with Crippen LogP contribution < -0.4 is 24.4 Å². The zero-order valence-corrected chi connectivity index (χ0v) is 18.2. The lowest BCUT2D eigenvalue weighted by atomic mass is 10.1. The molecule has 2 N–H and O–H groups in total. The van der Waals surface area contributed by atoms with E-state index in [1.54, 1.807) is 31.2 Å². The standard InChI is InChI=1S/C23H22N2O8/c1-4-32-16-9-6-8-15(12-16)25-21(27)17(20(26)24-23(25)30)11-14-7-5-10-18(31-3)19(14)33-13(2)22(28)29/h5-13H,4H2,1-3H3,(H,28,29)(H,24,26,30)/b17-11+/t13-/m0/s1. The fraction of sp³-hybridized carbons (Fsp3) is 0.217. The molecule has 0 aromatic heterocycles. The van der Waals surface area contributed by atoms with Gasteiger partial charge in [0.05, 0.1) is 19.4 Å². The number of carboxylic acids is 1. The second-order valence-corrected chi connectivity index (χ2v) is 6.87. The first-order valence-corrected chi connectivity index (χ1v) is 9.97. The van der Waals surface area contributed by atoms with Crippen molar-refractivity contribution in [2.75, 3.05) is 18.6 Å². The average Bonchev–Trinajstić information content (AvgIpc) is 2.77. The Morgan fingerprint density at radius 3 is 2.58 bits per heavy atom. The third-order valence-corrected chi connectivity index (χ3v) is 4.66. The SMILES string of the molecule is CCOc1cccc(N2C(=O)NC(=O)/C(=C\c3cccc(OC)c3O[C@@H](C)C(=O)O)C2=O)c1. The van der Waals surface area contributed by atoms with Crippen molar-refractivity contribution in [3.05, 3.63) is 53.6 Å². The number of anilines is 1. The highest BCUT2D eigenvalue weighted by Crippen LogP contribution is 2.34. The van der Waals surface area contributed by atoms with E-state index in [2.05, 4.69) is 5.32 Å². The Bertz CT molecular complexity index is 1140. The van der Waals surface area contributed by atoms with Crippen LogP contribution in [0.1, 0.15) is 19.4 Å². The molecule has 33 heavy (non-hydrogen) atoms. The van der Waals surface area contributed by atoms with Crippen LogP contribution in [0.5, 0.6) is 17.2 Å². The van der Waals surface area contributed by atoms with Gasteiger partial charge in [-0.1, -0.05) is 18.2 Å². The van der Waals surface area contributed by atoms with Gasteiger partial charge in [-0.25, -0.2) is 14.5 Å². The van der Waals surface area contributed by atoms with Gasteiger partial charge in [-0.15, -0.1) is 0 Å². The van der Waals surface area contributed by atoms with Gasteiger partial charge in [0.1, 0.15) is 11.3 Å². The topological polar surface area (TPSA) is 131 Å². The monoisotopic (exact) mass is 454 g/mol. The number of benzene rings is 2. The minimum atomic E-state index is -1.23. The minimum absolute atomic E-state index is 0.0322. The largest absolute Gasteiger partial charge is 0.494 e. The number of carboxylic acid groups (broad SMARTS) is 1. The Morgan fingerprint density at radius 2 is 1.91 bits per heavy atom. The highest BCUT2D eigenvalue weighted by molar-refractivity contribution is 6.39. The van der Waals surface area contributed by atoms with E-state index in [4.69, 9.17) is 14.2 Å². The normalized spacial score (nSPS) is 15.8. The molecule has 0 bridgehead atoms. The van der Waals surface area contributed by atoms with E-state index in [9.17, 15) is 24.3 Å². The Balaban J connectivity index is 2.05. The quantitative estimate of drug-likeness (QED) is 0.460. The van der Waals surface area contributed by atoms with Gasteiger partial charge in [-0.3, -0.25) is 14.9 Å². The summed E-state index contributed by atoms with van der Waals surface area (Å²) in [5.41, 5.74) is 0.0827. The van der Waals surface area contributed by atoms with Crippen molar-refractivity contribution >= 4 is 35.6 Å². The smallest absolute Gasteiger partial charge is 0.344 e. The summed E-state index contributed by atoms with van der Waals surface area (Å²) in [6, 6.07) is 10.1. The Morgan fingerprint density at radius 1 is 1.18 bits per heavy atom. The van der Waals surface area contributed by atoms with E-state index < -0.39 is 29.9 Å². The number of hydrogen-bond acceptors (Lipinski definition) is 7. The molecule has 3 rings (SSSR count). The number of ether oxygens (including phenoxy) is 3. The number of aliphatic carboxylic acids is 1. The molecule has 172 valence electrons. The van der Waals surface area contributed by atoms with Gasteiger partial charge in [0.25, 0.3) is 11.8 Å². The molecule has 0 radical (unpaired) electrons. The third-order valence-electron chi connectivity index (χ3n) is 4.66. The lowest BCUT2D eigenvalue weighted by Gasteiger charge is -2.27. The van der Waals surface area contributed by atoms with Crippen molar-refractivity contribution in [2.24, 2.45) is 0 Å². The van der Waals surface area contributed by atoms with E-state index in [0.29, 0.717) is 12.4 Å². The molecular formula is C23H22N2O8. The van der Waals surface area contributed by atoms with E-state index in [1.807, 2.05) is 0 Å². The van der Waals surface area contributed by atoms with Crippen molar-refractivity contribution in [2.45, 2.75) is 20.0 Å². The van der Waals surface area contributed by atoms with Crippen molar-refractivity contribution in [1.82, 2.24) is 5.32 Å². The lowest BCUT2D eigenvalue weighted by Crippen LogP contribution is -2.54. The highest BCUT2D eigenvalue weighted by Gasteiger charge is 2.37. The molecule has 1 fully saturated rings. The van der Waals surface area contributed by atoms with Crippen LogP contribution in [-0.4, -0.2) is 48.7 Å². The number of para-hydroxylation sites is 1. The first kappa shape index (κ1) is 23.3. The summed E-state index contributed by atoms with van der Waals surface area (Å²) >= 11 is 0. The number of imide groups is 2. The summed E-state index contributed by atoms with van der Waals surface area (Å²) in [6.45, 7) is 3.51. The fourth-order valence-corrected chi connectivity index (χ4v) is 3.09. The molecule has 1 heterocycles. The molecule has 10 nitrogen and oxygen atoms in total. The van der Waals surface area contributed by atoms with Crippen LogP contribution in [0.25, 0.3) is 6.08 Å². The molecule has 0 spiro atoms. The second kappa shape index (κ2) is 9.86. The molecule has 0 aliphatic carbocycles. The summed E-state index contributed by atoms with van der Waals surface area (Å²) in [5.74, 6) is -2.29. The zero-order valence-electron chi connectivity index (χ0n) is 18.2. The maximum absolute atomic E-state index is 13.2. The predicted octanol–water partition coefficient (Wildman–Crippen LogP) is 2.61. The summed E-state index contributed by atoms with van der Waals surface area (Å²) in [7, 11) is 1.37. The molecule has 1 aliphatic heterocycles. The molecule has 2 aromatic rings. The van der Waals surface area contributed by atoms with Crippen LogP contribution in [0.2, 0.25) is 0 Å². The van der Waals surface area contributed by atoms with Gasteiger partial charge < -0.3 is 19.3 Å². The average molecular weight is 454 g/mol. The summed E-state index contributed by atoms with van der Waals surface area (Å²) in [4.78, 5) is 50.3. The zero-order chi connectivity index (χ0) is 24.1. The molecule has 0 saturated carbocycles. The van der Waals surface area contributed by atoms with E-state index in [1.165, 1.54) is 38.3 Å². The van der Waals surface area contributed by atoms with E-state index in [0.717, 1.165) is 4.90 Å². The number of nitrogens with zero attached hydrogens (tertiary/aromatic N) is 1. The fourth-order valence-electron chi connectivity index (χ4n) is 3.09. The number of amides is 4. The minimum Gasteiger partial charge on any atom is -0.494 e. The number of barbiturate groups is 1. The van der Waals surface area contributed by atoms with Gasteiger partial charge in [0, 0.05) is 11.6 Å². The number of hydrogen-bond donors (Lipinski definition) is 2. The van der Waals surface area contributed by atoms with Crippen LogP contribution in [0.15, 0.2) is 48.0 Å². The van der Waals surface area contributed by atoms with Gasteiger partial charge in [0.2, 0.25) is 0 Å². The summed E-state index contributed by atoms with van der Waals surface area (Å²) in [5, 5.41) is 11.3. The number of carbonyl (C=O) groups is 4. The van der Waals surface area contributed by atoms with Crippen molar-refractivity contribution in [3.63, 3.8) is 0 Å². The van der Waals surface area contributed by atoms with Crippen LogP contribution in [0, 0.1) is 0 Å². The summed E-state index contributed by atoms with van der Waals surface area (Å²) < 4.78 is 16.2. The summed E-state index contributed by atoms with van der Waals surface area (Å²) in [6.07, 6.45) is -0.00986. The first-order valence-electron chi connectivity index (χ1n) is 9.97. The molecular weight excluding hydrogens is 432 g/mol. The van der Waals surface area contributed by atoms with E-state index >= 15 is 0 Å². The van der Waals surface area contributed by atoms with Crippen LogP contribution in [0.3, 0.4) is 0 Å². The molecule has 1 saturated heterocycles. The maximum Gasteiger partial charge on any atom is 0.344 e. The number of methoxy groups -OCH3 is 1. The number of urea groups is 1. The number of rotatable bonds is 8. The van der Waals surface area contributed by atoms with Crippen molar-refractivity contribution < 1.29 is 38.5 Å². The van der Waals surface area contributed by atoms with Crippen molar-refractivity contribution in [1.29, 1.82) is 0 Å². The van der Waals surface area contributed by atoms with Gasteiger partial charge in [-0.2, -0.15) is 0 Å². The molecule has 1 atom stereocenters. The molecule has 1 aliphatic rings. The van der Waals surface area contributed by atoms with Gasteiger partial charge in [0.15, 0.2) is 17.6 Å². The third kappa shape index (κ3) is 4.95. The Labute approximate surface area is 189 Å². The van der Waals surface area contributed by atoms with E-state index in [-0.39, 0.29) is 28.3 Å². The lowest BCUT2D eigenvalue weighted by molar-refractivity contribution is -0.144. The predicted molar refractivity (Wildman–Crippen MR) is 117 cm³/mol. The second-order valence-electron chi connectivity index (χ2n) is 6.87. The maximum atomic E-state index is 13.2. The van der Waals surface area contributed by atoms with Crippen LogP contribution in [-0.2, 0) is 14.4 Å².